The van der Waals surface area contributed by atoms with Crippen molar-refractivity contribution in [1.29, 1.82) is 0 Å². The lowest BCUT2D eigenvalue weighted by molar-refractivity contribution is -0.385. The van der Waals surface area contributed by atoms with E-state index in [-0.39, 0.29) is 5.69 Å². The first-order valence-corrected chi connectivity index (χ1v) is 8.15. The molecule has 0 N–H and O–H groups in total. The number of piperidine rings is 1. The van der Waals surface area contributed by atoms with Gasteiger partial charge >= 0.3 is 5.69 Å². The quantitative estimate of drug-likeness (QED) is 0.437. The van der Waals surface area contributed by atoms with Crippen molar-refractivity contribution < 1.29 is 9.66 Å². The van der Waals surface area contributed by atoms with Crippen molar-refractivity contribution in [2.24, 2.45) is 11.8 Å². The Hall–Kier alpha value is -1.62. The fourth-order valence-electron chi connectivity index (χ4n) is 3.32. The highest BCUT2D eigenvalue weighted by molar-refractivity contribution is 5.45. The van der Waals surface area contributed by atoms with Gasteiger partial charge in [-0.1, -0.05) is 26.0 Å². The Bertz CT molecular complexity index is 483. The van der Waals surface area contributed by atoms with Gasteiger partial charge in [0.1, 0.15) is 0 Å². The molecule has 1 aromatic rings. The molecule has 0 bridgehead atoms. The van der Waals surface area contributed by atoms with E-state index in [0.29, 0.717) is 12.4 Å². The van der Waals surface area contributed by atoms with E-state index in [1.54, 1.807) is 18.2 Å². The highest BCUT2D eigenvalue weighted by Gasteiger charge is 2.21. The molecule has 0 aromatic heterocycles. The zero-order valence-electron chi connectivity index (χ0n) is 13.5. The smallest absolute Gasteiger partial charge is 0.310 e. The number of benzene rings is 1. The summed E-state index contributed by atoms with van der Waals surface area (Å²) in [5.41, 5.74) is 0.0428. The first kappa shape index (κ1) is 16.7. The summed E-state index contributed by atoms with van der Waals surface area (Å²) in [4.78, 5) is 13.0. The molecular weight excluding hydrogens is 280 g/mol. The van der Waals surface area contributed by atoms with Crippen LogP contribution in [-0.4, -0.2) is 36.1 Å². The van der Waals surface area contributed by atoms with Crippen LogP contribution in [0.5, 0.6) is 5.75 Å². The maximum atomic E-state index is 10.9. The largest absolute Gasteiger partial charge is 0.487 e. The van der Waals surface area contributed by atoms with Crippen LogP contribution < -0.4 is 4.74 Å². The van der Waals surface area contributed by atoms with Gasteiger partial charge in [0.05, 0.1) is 11.5 Å². The summed E-state index contributed by atoms with van der Waals surface area (Å²) < 4.78 is 5.57. The van der Waals surface area contributed by atoms with Gasteiger partial charge in [0.25, 0.3) is 0 Å². The average Bonchev–Trinajstić information content (AvgIpc) is 2.46. The lowest BCUT2D eigenvalue weighted by atomic mass is 9.92. The van der Waals surface area contributed by atoms with E-state index < -0.39 is 4.92 Å². The number of likely N-dealkylation sites (tertiary alicyclic amines) is 1. The maximum Gasteiger partial charge on any atom is 0.310 e. The summed E-state index contributed by atoms with van der Waals surface area (Å²) in [7, 11) is 0. The second-order valence-electron chi connectivity index (χ2n) is 6.49. The summed E-state index contributed by atoms with van der Waals surface area (Å²) in [6.07, 6.45) is 3.32. The Morgan fingerprint density at radius 1 is 1.23 bits per heavy atom. The molecule has 5 heteroatoms. The minimum Gasteiger partial charge on any atom is -0.487 e. The molecule has 0 radical (unpaired) electrons. The number of unbranched alkanes of at least 4 members (excludes halogenated alkanes) is 1. The first-order valence-electron chi connectivity index (χ1n) is 8.15. The normalized spacial score (nSPS) is 22.5. The van der Waals surface area contributed by atoms with Gasteiger partial charge < -0.3 is 9.64 Å². The molecule has 1 fully saturated rings. The highest BCUT2D eigenvalue weighted by atomic mass is 16.6. The van der Waals surface area contributed by atoms with Gasteiger partial charge in [-0.25, -0.2) is 0 Å². The topological polar surface area (TPSA) is 55.6 Å². The van der Waals surface area contributed by atoms with Crippen LogP contribution in [0.3, 0.4) is 0 Å². The van der Waals surface area contributed by atoms with Crippen LogP contribution in [0.1, 0.15) is 33.1 Å². The summed E-state index contributed by atoms with van der Waals surface area (Å²) in [5.74, 6) is 1.94. The second-order valence-corrected chi connectivity index (χ2v) is 6.49. The molecule has 122 valence electrons. The minimum atomic E-state index is -0.397. The van der Waals surface area contributed by atoms with Crippen LogP contribution in [0.4, 0.5) is 5.69 Å². The maximum absolute atomic E-state index is 10.9. The Labute approximate surface area is 132 Å². The third-order valence-electron chi connectivity index (χ3n) is 4.13. The number of nitro groups is 1. The predicted molar refractivity (Wildman–Crippen MR) is 87.2 cm³/mol. The van der Waals surface area contributed by atoms with Gasteiger partial charge in [0.15, 0.2) is 5.75 Å². The van der Waals surface area contributed by atoms with E-state index in [2.05, 4.69) is 18.7 Å². The van der Waals surface area contributed by atoms with Gasteiger partial charge in [0.2, 0.25) is 0 Å². The van der Waals surface area contributed by atoms with Crippen LogP contribution >= 0.6 is 0 Å². The molecular formula is C17H26N2O3. The molecule has 5 nitrogen and oxygen atoms in total. The fourth-order valence-corrected chi connectivity index (χ4v) is 3.32. The van der Waals surface area contributed by atoms with Crippen LogP contribution in [0.2, 0.25) is 0 Å². The van der Waals surface area contributed by atoms with E-state index in [0.717, 1.165) is 31.2 Å². The van der Waals surface area contributed by atoms with E-state index in [1.807, 2.05) is 0 Å². The number of nitro benzene ring substituents is 1. The van der Waals surface area contributed by atoms with E-state index in [9.17, 15) is 10.1 Å². The molecule has 0 spiro atoms. The number of nitrogens with zero attached hydrogens (tertiary/aromatic N) is 2. The van der Waals surface area contributed by atoms with Crippen molar-refractivity contribution in [2.75, 3.05) is 26.2 Å². The summed E-state index contributed by atoms with van der Waals surface area (Å²) in [6, 6.07) is 6.56. The molecule has 0 amide bonds. The molecule has 2 rings (SSSR count). The molecule has 22 heavy (non-hydrogen) atoms. The van der Waals surface area contributed by atoms with Crippen molar-refractivity contribution in [3.05, 3.63) is 34.4 Å². The summed E-state index contributed by atoms with van der Waals surface area (Å²) in [5, 5.41) is 10.9. The van der Waals surface area contributed by atoms with Crippen molar-refractivity contribution in [1.82, 2.24) is 4.90 Å². The number of para-hydroxylation sites is 2. The lowest BCUT2D eigenvalue weighted by Crippen LogP contribution is -2.39. The Morgan fingerprint density at radius 3 is 2.59 bits per heavy atom. The molecule has 1 aromatic carbocycles. The predicted octanol–water partition coefficient (Wildman–Crippen LogP) is 3.73. The molecule has 2 atom stereocenters. The Morgan fingerprint density at radius 2 is 1.91 bits per heavy atom. The molecule has 0 aliphatic carbocycles. The average molecular weight is 306 g/mol. The molecule has 1 aliphatic rings. The number of rotatable bonds is 7. The van der Waals surface area contributed by atoms with Crippen molar-refractivity contribution >= 4 is 5.69 Å². The SMILES string of the molecule is C[C@@H]1C[C@@H](C)CN(CCCCOc2ccccc2[N+](=O)[O-])C1. The fraction of sp³-hybridized carbons (Fsp3) is 0.647. The monoisotopic (exact) mass is 306 g/mol. The van der Waals surface area contributed by atoms with Gasteiger partial charge in [-0.05, 0) is 43.7 Å². The van der Waals surface area contributed by atoms with Crippen molar-refractivity contribution in [3.63, 3.8) is 0 Å². The van der Waals surface area contributed by atoms with Gasteiger partial charge in [-0.2, -0.15) is 0 Å². The third kappa shape index (κ3) is 4.98. The number of ether oxygens (including phenoxy) is 1. The first-order chi connectivity index (χ1) is 10.6. The zero-order chi connectivity index (χ0) is 15.9. The van der Waals surface area contributed by atoms with E-state index in [1.165, 1.54) is 25.6 Å². The number of hydrogen-bond donors (Lipinski definition) is 0. The molecule has 0 unspecified atom stereocenters. The zero-order valence-corrected chi connectivity index (χ0v) is 13.5. The van der Waals surface area contributed by atoms with Gasteiger partial charge in [-0.3, -0.25) is 10.1 Å². The lowest BCUT2D eigenvalue weighted by Gasteiger charge is -2.34. The summed E-state index contributed by atoms with van der Waals surface area (Å²) >= 11 is 0. The molecule has 1 saturated heterocycles. The van der Waals surface area contributed by atoms with Crippen molar-refractivity contribution in [2.45, 2.75) is 33.1 Å². The molecule has 1 heterocycles. The van der Waals surface area contributed by atoms with Crippen LogP contribution in [-0.2, 0) is 0 Å². The highest BCUT2D eigenvalue weighted by Crippen LogP contribution is 2.26. The Balaban J connectivity index is 1.68. The third-order valence-corrected chi connectivity index (χ3v) is 4.13. The van der Waals surface area contributed by atoms with E-state index >= 15 is 0 Å². The standard InChI is InChI=1S/C17H26N2O3/c1-14-11-15(2)13-18(12-14)9-5-6-10-22-17-8-4-3-7-16(17)19(20)21/h3-4,7-8,14-15H,5-6,9-13H2,1-2H3/t14-,15-/m1/s1. The molecule has 0 saturated carbocycles. The van der Waals surface area contributed by atoms with Gasteiger partial charge in [-0.15, -0.1) is 0 Å². The van der Waals surface area contributed by atoms with Crippen LogP contribution in [0.25, 0.3) is 0 Å². The second kappa shape index (κ2) is 8.13. The van der Waals surface area contributed by atoms with Gasteiger partial charge in [0, 0.05) is 19.2 Å². The molecule has 1 aliphatic heterocycles. The summed E-state index contributed by atoms with van der Waals surface area (Å²) in [6.45, 7) is 8.64. The Kier molecular flexibility index (Phi) is 6.19. The van der Waals surface area contributed by atoms with Crippen LogP contribution in [0.15, 0.2) is 24.3 Å². The minimum absolute atomic E-state index is 0.0428. The van der Waals surface area contributed by atoms with E-state index in [4.69, 9.17) is 4.74 Å². The van der Waals surface area contributed by atoms with Crippen molar-refractivity contribution in [3.8, 4) is 5.75 Å². The van der Waals surface area contributed by atoms with Crippen LogP contribution in [0, 0.1) is 22.0 Å². The number of hydrogen-bond acceptors (Lipinski definition) is 4.